The molecule has 1 aromatic carbocycles. The Hall–Kier alpha value is -1.98. The van der Waals surface area contributed by atoms with Crippen molar-refractivity contribution in [3.05, 3.63) is 35.9 Å². The van der Waals surface area contributed by atoms with E-state index in [1.807, 2.05) is 19.9 Å². The van der Waals surface area contributed by atoms with E-state index in [0.29, 0.717) is 18.5 Å². The largest absolute Gasteiger partial charge is 0.573 e. The molecule has 20 heavy (non-hydrogen) atoms. The Morgan fingerprint density at radius 1 is 1.25 bits per heavy atom. The molecule has 0 atom stereocenters. The topological polar surface area (TPSA) is 38.3 Å². The normalized spacial score (nSPS) is 10.8. The highest BCUT2D eigenvalue weighted by Gasteiger charge is 2.30. The van der Waals surface area contributed by atoms with Crippen LogP contribution in [0.3, 0.4) is 0 Å². The summed E-state index contributed by atoms with van der Waals surface area (Å²) in [6.45, 7) is 3.88. The lowest BCUT2D eigenvalue weighted by Crippen LogP contribution is -2.17. The first-order chi connectivity index (χ1) is 9.26. The van der Waals surface area contributed by atoms with E-state index in [1.54, 1.807) is 0 Å². The van der Waals surface area contributed by atoms with Crippen LogP contribution in [0.4, 0.5) is 18.9 Å². The fraction of sp³-hybridized carbons (Fsp3) is 0.357. The first kappa shape index (κ1) is 16.1. The van der Waals surface area contributed by atoms with Gasteiger partial charge in [-0.1, -0.05) is 11.6 Å². The lowest BCUT2D eigenvalue weighted by atomic mass is 10.2. The van der Waals surface area contributed by atoms with Crippen molar-refractivity contribution in [3.8, 4) is 5.75 Å². The number of halogens is 3. The Kier molecular flexibility index (Phi) is 5.61. The van der Waals surface area contributed by atoms with Gasteiger partial charge in [-0.3, -0.25) is 4.79 Å². The molecule has 6 heteroatoms. The molecule has 1 amide bonds. The molecule has 0 aromatic heterocycles. The molecule has 0 fully saturated rings. The lowest BCUT2D eigenvalue weighted by molar-refractivity contribution is -0.274. The number of anilines is 1. The van der Waals surface area contributed by atoms with Crippen LogP contribution in [0.2, 0.25) is 0 Å². The van der Waals surface area contributed by atoms with Crippen LogP contribution in [0.15, 0.2) is 35.9 Å². The van der Waals surface area contributed by atoms with Gasteiger partial charge in [-0.2, -0.15) is 0 Å². The molecular formula is C14H16F3NO2. The van der Waals surface area contributed by atoms with E-state index in [-0.39, 0.29) is 11.7 Å². The zero-order valence-corrected chi connectivity index (χ0v) is 11.3. The van der Waals surface area contributed by atoms with Gasteiger partial charge in [0.05, 0.1) is 0 Å². The number of amides is 1. The number of nitrogens with one attached hydrogen (secondary N) is 1. The molecule has 0 radical (unpaired) electrons. The van der Waals surface area contributed by atoms with Gasteiger partial charge in [-0.25, -0.2) is 0 Å². The van der Waals surface area contributed by atoms with Crippen molar-refractivity contribution in [3.63, 3.8) is 0 Å². The van der Waals surface area contributed by atoms with Gasteiger partial charge in [-0.15, -0.1) is 13.2 Å². The molecule has 0 bridgehead atoms. The summed E-state index contributed by atoms with van der Waals surface area (Å²) >= 11 is 0. The minimum Gasteiger partial charge on any atom is -0.406 e. The molecule has 0 saturated heterocycles. The SMILES string of the molecule is CC(C)=CCCC(=O)Nc1ccc(OC(F)(F)F)cc1. The Morgan fingerprint density at radius 2 is 1.85 bits per heavy atom. The zero-order valence-electron chi connectivity index (χ0n) is 11.3. The predicted octanol–water partition coefficient (Wildman–Crippen LogP) is 4.27. The molecule has 110 valence electrons. The minimum atomic E-state index is -4.71. The molecule has 1 rings (SSSR count). The summed E-state index contributed by atoms with van der Waals surface area (Å²) in [6, 6.07) is 5.03. The fourth-order valence-electron chi connectivity index (χ4n) is 1.46. The third kappa shape index (κ3) is 6.82. The first-order valence-electron chi connectivity index (χ1n) is 6.05. The molecule has 3 nitrogen and oxygen atoms in total. The number of benzene rings is 1. The fourth-order valence-corrected chi connectivity index (χ4v) is 1.46. The Bertz CT molecular complexity index is 474. The number of allylic oxidation sites excluding steroid dienone is 2. The van der Waals surface area contributed by atoms with E-state index in [0.717, 1.165) is 17.7 Å². The lowest BCUT2D eigenvalue weighted by Gasteiger charge is -2.09. The minimum absolute atomic E-state index is 0.188. The second kappa shape index (κ2) is 6.98. The van der Waals surface area contributed by atoms with Crippen LogP contribution < -0.4 is 10.1 Å². The molecular weight excluding hydrogens is 271 g/mol. The summed E-state index contributed by atoms with van der Waals surface area (Å²) in [5, 5.41) is 2.60. The summed E-state index contributed by atoms with van der Waals surface area (Å²) in [7, 11) is 0. The van der Waals surface area contributed by atoms with Crippen LogP contribution in [0.5, 0.6) is 5.75 Å². The first-order valence-corrected chi connectivity index (χ1v) is 6.05. The van der Waals surface area contributed by atoms with Crippen LogP contribution in [0.1, 0.15) is 26.7 Å². The highest BCUT2D eigenvalue weighted by Crippen LogP contribution is 2.23. The summed E-state index contributed by atoms with van der Waals surface area (Å²) in [5.74, 6) is -0.507. The summed E-state index contributed by atoms with van der Waals surface area (Å²) in [4.78, 5) is 11.6. The quantitative estimate of drug-likeness (QED) is 0.821. The number of hydrogen-bond donors (Lipinski definition) is 1. The molecule has 0 unspecified atom stereocenters. The average molecular weight is 287 g/mol. The van der Waals surface area contributed by atoms with Gasteiger partial charge >= 0.3 is 6.36 Å². The van der Waals surface area contributed by atoms with Gasteiger partial charge in [0, 0.05) is 12.1 Å². The highest BCUT2D eigenvalue weighted by molar-refractivity contribution is 5.90. The molecule has 1 aromatic rings. The third-order valence-corrected chi connectivity index (χ3v) is 2.30. The Morgan fingerprint density at radius 3 is 2.35 bits per heavy atom. The van der Waals surface area contributed by atoms with Crippen molar-refractivity contribution in [1.29, 1.82) is 0 Å². The number of carbonyl (C=O) groups excluding carboxylic acids is 1. The van der Waals surface area contributed by atoms with Gasteiger partial charge in [0.15, 0.2) is 0 Å². The standard InChI is InChI=1S/C14H16F3NO2/c1-10(2)4-3-5-13(19)18-11-6-8-12(9-7-11)20-14(15,16)17/h4,6-9H,3,5H2,1-2H3,(H,18,19). The van der Waals surface area contributed by atoms with Gasteiger partial charge < -0.3 is 10.1 Å². The van der Waals surface area contributed by atoms with Gasteiger partial charge in [0.25, 0.3) is 0 Å². The van der Waals surface area contributed by atoms with Gasteiger partial charge in [0.1, 0.15) is 5.75 Å². The molecule has 0 aliphatic heterocycles. The highest BCUT2D eigenvalue weighted by atomic mass is 19.4. The van der Waals surface area contributed by atoms with Gasteiger partial charge in [0.2, 0.25) is 5.91 Å². The molecule has 1 N–H and O–H groups in total. The zero-order chi connectivity index (χ0) is 15.2. The van der Waals surface area contributed by atoms with Crippen LogP contribution in [0.25, 0.3) is 0 Å². The predicted molar refractivity (Wildman–Crippen MR) is 70.4 cm³/mol. The number of ether oxygens (including phenoxy) is 1. The van der Waals surface area contributed by atoms with E-state index in [9.17, 15) is 18.0 Å². The maximum atomic E-state index is 12.0. The van der Waals surface area contributed by atoms with E-state index >= 15 is 0 Å². The van der Waals surface area contributed by atoms with Crippen LogP contribution in [-0.2, 0) is 4.79 Å². The van der Waals surface area contributed by atoms with Crippen molar-refractivity contribution < 1.29 is 22.7 Å². The van der Waals surface area contributed by atoms with Crippen LogP contribution >= 0.6 is 0 Å². The van der Waals surface area contributed by atoms with E-state index in [4.69, 9.17) is 0 Å². The van der Waals surface area contributed by atoms with Crippen LogP contribution in [-0.4, -0.2) is 12.3 Å². The number of alkyl halides is 3. The maximum Gasteiger partial charge on any atom is 0.573 e. The number of hydrogen-bond acceptors (Lipinski definition) is 2. The van der Waals surface area contributed by atoms with Crippen molar-refractivity contribution in [1.82, 2.24) is 0 Å². The molecule has 0 spiro atoms. The van der Waals surface area contributed by atoms with Crippen molar-refractivity contribution >= 4 is 11.6 Å². The Balaban J connectivity index is 2.49. The maximum absolute atomic E-state index is 12.0. The van der Waals surface area contributed by atoms with Crippen LogP contribution in [0, 0.1) is 0 Å². The Labute approximate surface area is 115 Å². The second-order valence-corrected chi connectivity index (χ2v) is 4.44. The molecule has 0 heterocycles. The third-order valence-electron chi connectivity index (χ3n) is 2.30. The van der Waals surface area contributed by atoms with E-state index in [2.05, 4.69) is 10.1 Å². The van der Waals surface area contributed by atoms with Gasteiger partial charge in [-0.05, 0) is 44.5 Å². The second-order valence-electron chi connectivity index (χ2n) is 4.44. The number of carbonyl (C=O) groups is 1. The molecule has 0 saturated carbocycles. The average Bonchev–Trinajstić information content (AvgIpc) is 2.29. The summed E-state index contributed by atoms with van der Waals surface area (Å²) in [6.07, 6.45) is -1.82. The number of rotatable bonds is 5. The summed E-state index contributed by atoms with van der Waals surface area (Å²) < 4.78 is 39.6. The van der Waals surface area contributed by atoms with Crippen molar-refractivity contribution in [2.24, 2.45) is 0 Å². The van der Waals surface area contributed by atoms with Crippen molar-refractivity contribution in [2.45, 2.75) is 33.1 Å². The summed E-state index contributed by atoms with van der Waals surface area (Å²) in [5.41, 5.74) is 1.56. The monoisotopic (exact) mass is 287 g/mol. The molecule has 0 aliphatic rings. The van der Waals surface area contributed by atoms with E-state index < -0.39 is 6.36 Å². The van der Waals surface area contributed by atoms with Crippen molar-refractivity contribution in [2.75, 3.05) is 5.32 Å². The molecule has 0 aliphatic carbocycles. The van der Waals surface area contributed by atoms with E-state index in [1.165, 1.54) is 12.1 Å². The smallest absolute Gasteiger partial charge is 0.406 e.